The topological polar surface area (TPSA) is 128 Å². The highest BCUT2D eigenvalue weighted by molar-refractivity contribution is 7.87. The Bertz CT molecular complexity index is 1400. The van der Waals surface area contributed by atoms with Crippen LogP contribution in [0.5, 0.6) is 5.75 Å². The molecular formula is C25H19N3O6S. The van der Waals surface area contributed by atoms with Gasteiger partial charge in [-0.2, -0.15) is 8.42 Å². The molecule has 35 heavy (non-hydrogen) atoms. The van der Waals surface area contributed by atoms with Gasteiger partial charge in [-0.1, -0.05) is 42.5 Å². The number of non-ortho nitro benzene ring substituents is 1. The molecule has 4 aromatic rings. The summed E-state index contributed by atoms with van der Waals surface area (Å²) in [6.45, 7) is 0. The van der Waals surface area contributed by atoms with Crippen molar-refractivity contribution in [2.24, 2.45) is 0 Å². The van der Waals surface area contributed by atoms with E-state index in [9.17, 15) is 23.3 Å². The number of nitrogens with one attached hydrogen (secondary N) is 1. The number of carbonyl (C=O) groups excluding carboxylic acids is 1. The molecule has 0 fully saturated rings. The lowest BCUT2D eigenvalue weighted by molar-refractivity contribution is -0.385. The number of nitrogens with zero attached hydrogens (tertiary/aromatic N) is 2. The van der Waals surface area contributed by atoms with E-state index in [0.717, 1.165) is 11.6 Å². The van der Waals surface area contributed by atoms with Crippen molar-refractivity contribution in [3.63, 3.8) is 0 Å². The lowest BCUT2D eigenvalue weighted by Gasteiger charge is -2.19. The first-order chi connectivity index (χ1) is 16.8. The number of hydrogen-bond acceptors (Lipinski definition) is 7. The van der Waals surface area contributed by atoms with E-state index in [2.05, 4.69) is 10.3 Å². The van der Waals surface area contributed by atoms with Crippen molar-refractivity contribution in [3.05, 3.63) is 130 Å². The average molecular weight is 490 g/mol. The predicted octanol–water partition coefficient (Wildman–Crippen LogP) is 4.28. The molecule has 0 aliphatic heterocycles. The molecule has 9 nitrogen and oxygen atoms in total. The third-order valence-electron chi connectivity index (χ3n) is 5.03. The summed E-state index contributed by atoms with van der Waals surface area (Å²) in [5, 5.41) is 13.9. The summed E-state index contributed by atoms with van der Waals surface area (Å²) in [6.07, 6.45) is 1.64. The van der Waals surface area contributed by atoms with Crippen molar-refractivity contribution in [3.8, 4) is 5.75 Å². The number of amides is 1. The van der Waals surface area contributed by atoms with Crippen molar-refractivity contribution in [2.45, 2.75) is 10.9 Å². The molecule has 0 bridgehead atoms. The van der Waals surface area contributed by atoms with Gasteiger partial charge in [0.15, 0.2) is 0 Å². The number of nitro benzene ring substituents is 1. The summed E-state index contributed by atoms with van der Waals surface area (Å²) in [5.74, 6) is -0.435. The molecule has 0 saturated carbocycles. The molecular weight excluding hydrogens is 470 g/mol. The quantitative estimate of drug-likeness (QED) is 0.222. The van der Waals surface area contributed by atoms with Gasteiger partial charge in [-0.05, 0) is 48.0 Å². The van der Waals surface area contributed by atoms with Crippen LogP contribution in [-0.2, 0) is 10.1 Å². The van der Waals surface area contributed by atoms with Gasteiger partial charge in [0.25, 0.3) is 11.6 Å². The minimum atomic E-state index is -4.31. The van der Waals surface area contributed by atoms with E-state index < -0.39 is 27.0 Å². The average Bonchev–Trinajstić information content (AvgIpc) is 2.88. The maximum absolute atomic E-state index is 13.0. The SMILES string of the molecule is O=C(NC(c1ccccc1)c1ccccn1)c1ccc(OS(=O)(=O)c2cccc([N+](=O)[O-])c2)cc1. The lowest BCUT2D eigenvalue weighted by atomic mass is 10.0. The van der Waals surface area contributed by atoms with Crippen LogP contribution in [0, 0.1) is 10.1 Å². The molecule has 0 aliphatic carbocycles. The molecule has 4 rings (SSSR count). The monoisotopic (exact) mass is 489 g/mol. The van der Waals surface area contributed by atoms with E-state index in [1.165, 1.54) is 42.5 Å². The van der Waals surface area contributed by atoms with Crippen LogP contribution in [-0.4, -0.2) is 24.2 Å². The zero-order valence-electron chi connectivity index (χ0n) is 18.1. The smallest absolute Gasteiger partial charge is 0.339 e. The van der Waals surface area contributed by atoms with E-state index in [0.29, 0.717) is 5.69 Å². The second-order valence-electron chi connectivity index (χ2n) is 7.39. The van der Waals surface area contributed by atoms with Gasteiger partial charge in [0, 0.05) is 23.9 Å². The van der Waals surface area contributed by atoms with Gasteiger partial charge in [-0.3, -0.25) is 19.9 Å². The molecule has 0 radical (unpaired) electrons. The fraction of sp³-hybridized carbons (Fsp3) is 0.0400. The summed E-state index contributed by atoms with van der Waals surface area (Å²) in [5.41, 5.74) is 1.42. The van der Waals surface area contributed by atoms with Gasteiger partial charge >= 0.3 is 10.1 Å². The van der Waals surface area contributed by atoms with Crippen molar-refractivity contribution in [2.75, 3.05) is 0 Å². The second-order valence-corrected chi connectivity index (χ2v) is 8.93. The number of rotatable bonds is 8. The zero-order chi connectivity index (χ0) is 24.8. The number of benzene rings is 3. The molecule has 3 aromatic carbocycles. The van der Waals surface area contributed by atoms with Crippen LogP contribution in [0.3, 0.4) is 0 Å². The second kappa shape index (κ2) is 10.1. The van der Waals surface area contributed by atoms with Crippen molar-refractivity contribution < 1.29 is 22.3 Å². The Kier molecular flexibility index (Phi) is 6.83. The van der Waals surface area contributed by atoms with Gasteiger partial charge in [-0.15, -0.1) is 0 Å². The fourth-order valence-electron chi connectivity index (χ4n) is 3.32. The Labute approximate surface area is 201 Å². The van der Waals surface area contributed by atoms with Crippen LogP contribution in [0.1, 0.15) is 27.7 Å². The highest BCUT2D eigenvalue weighted by Crippen LogP contribution is 2.24. The van der Waals surface area contributed by atoms with Gasteiger partial charge < -0.3 is 9.50 Å². The van der Waals surface area contributed by atoms with E-state index in [4.69, 9.17) is 4.18 Å². The molecule has 0 aliphatic rings. The molecule has 1 heterocycles. The summed E-state index contributed by atoms with van der Waals surface area (Å²) < 4.78 is 30.1. The minimum absolute atomic E-state index is 0.0441. The highest BCUT2D eigenvalue weighted by atomic mass is 32.2. The maximum Gasteiger partial charge on any atom is 0.339 e. The molecule has 1 atom stereocenters. The number of hydrogen-bond donors (Lipinski definition) is 1. The van der Waals surface area contributed by atoms with E-state index in [1.54, 1.807) is 12.3 Å². The zero-order valence-corrected chi connectivity index (χ0v) is 19.0. The largest absolute Gasteiger partial charge is 0.379 e. The van der Waals surface area contributed by atoms with E-state index in [1.807, 2.05) is 42.5 Å². The Hall–Kier alpha value is -4.57. The Morgan fingerprint density at radius 3 is 2.29 bits per heavy atom. The summed E-state index contributed by atoms with van der Waals surface area (Å²) in [4.78, 5) is 27.2. The van der Waals surface area contributed by atoms with Crippen molar-refractivity contribution in [1.29, 1.82) is 0 Å². The fourth-order valence-corrected chi connectivity index (χ4v) is 4.29. The van der Waals surface area contributed by atoms with Gasteiger partial charge in [0.2, 0.25) is 0 Å². The normalized spacial score (nSPS) is 11.9. The van der Waals surface area contributed by atoms with Crippen LogP contribution in [0.4, 0.5) is 5.69 Å². The number of nitro groups is 1. The van der Waals surface area contributed by atoms with Crippen LogP contribution < -0.4 is 9.50 Å². The molecule has 1 amide bonds. The third-order valence-corrected chi connectivity index (χ3v) is 6.27. The van der Waals surface area contributed by atoms with Crippen LogP contribution >= 0.6 is 0 Å². The Morgan fingerprint density at radius 2 is 1.63 bits per heavy atom. The lowest BCUT2D eigenvalue weighted by Crippen LogP contribution is -2.29. The predicted molar refractivity (Wildman–Crippen MR) is 127 cm³/mol. The van der Waals surface area contributed by atoms with Gasteiger partial charge in [-0.25, -0.2) is 0 Å². The first-order valence-electron chi connectivity index (χ1n) is 10.4. The summed E-state index contributed by atoms with van der Waals surface area (Å²) in [6, 6.07) is 24.4. The third kappa shape index (κ3) is 5.68. The molecule has 0 saturated heterocycles. The first kappa shape index (κ1) is 23.6. The molecule has 0 spiro atoms. The number of aromatic nitrogens is 1. The summed E-state index contributed by atoms with van der Waals surface area (Å²) in [7, 11) is -4.31. The van der Waals surface area contributed by atoms with Crippen molar-refractivity contribution >= 4 is 21.7 Å². The van der Waals surface area contributed by atoms with E-state index in [-0.39, 0.29) is 21.9 Å². The first-order valence-corrected chi connectivity index (χ1v) is 11.8. The standard InChI is InChI=1S/C25H19N3O6S/c29-25(27-24(18-7-2-1-3-8-18)23-11-4-5-16-26-23)19-12-14-21(15-13-19)34-35(32,33)22-10-6-9-20(17-22)28(30)31/h1-17,24H,(H,27,29). The van der Waals surface area contributed by atoms with Gasteiger partial charge in [0.05, 0.1) is 16.7 Å². The summed E-state index contributed by atoms with van der Waals surface area (Å²) >= 11 is 0. The number of pyridine rings is 1. The molecule has 1 N–H and O–H groups in total. The highest BCUT2D eigenvalue weighted by Gasteiger charge is 2.21. The van der Waals surface area contributed by atoms with Crippen LogP contribution in [0.2, 0.25) is 0 Å². The van der Waals surface area contributed by atoms with E-state index >= 15 is 0 Å². The Balaban J connectivity index is 1.51. The van der Waals surface area contributed by atoms with Gasteiger partial charge in [0.1, 0.15) is 10.6 Å². The Morgan fingerprint density at radius 1 is 0.914 bits per heavy atom. The molecule has 1 aromatic heterocycles. The van der Waals surface area contributed by atoms with Crippen LogP contribution in [0.15, 0.2) is 108 Å². The molecule has 10 heteroatoms. The molecule has 1 unspecified atom stereocenters. The van der Waals surface area contributed by atoms with Crippen molar-refractivity contribution in [1.82, 2.24) is 10.3 Å². The minimum Gasteiger partial charge on any atom is -0.379 e. The molecule has 176 valence electrons. The number of carbonyl (C=O) groups is 1. The maximum atomic E-state index is 13.0. The van der Waals surface area contributed by atoms with Crippen LogP contribution in [0.25, 0.3) is 0 Å².